The van der Waals surface area contributed by atoms with Gasteiger partial charge in [0.1, 0.15) is 11.4 Å². The number of nitrogens with one attached hydrogen (secondary N) is 1. The monoisotopic (exact) mass is 358 g/mol. The third-order valence-corrected chi connectivity index (χ3v) is 5.45. The Bertz CT molecular complexity index is 751. The molecule has 4 rings (SSSR count). The van der Waals surface area contributed by atoms with Crippen LogP contribution in [0.2, 0.25) is 0 Å². The summed E-state index contributed by atoms with van der Waals surface area (Å²) in [6.07, 6.45) is 7.04. The molecule has 0 radical (unpaired) electrons. The standard InChI is InChI=1S/C19H26N4O3/c1-18(2,3)10-23-11-19-6-5-12(26-19)14(15(19)17(23)25)16(24)22(4)9-13-20-7-8-21-13/h5-8,12,14-15H,9-11H2,1-4H3,(H,20,21)/t12-,14+,15-,19-/m0/s1. The Kier molecular flexibility index (Phi) is 3.77. The average Bonchev–Trinajstić information content (AvgIpc) is 3.29. The summed E-state index contributed by atoms with van der Waals surface area (Å²) in [5, 5.41) is 0. The highest BCUT2D eigenvalue weighted by Crippen LogP contribution is 2.52. The molecule has 0 saturated carbocycles. The topological polar surface area (TPSA) is 78.5 Å². The van der Waals surface area contributed by atoms with Crippen LogP contribution in [0.1, 0.15) is 26.6 Å². The quantitative estimate of drug-likeness (QED) is 0.821. The van der Waals surface area contributed by atoms with Crippen LogP contribution in [0.15, 0.2) is 24.5 Å². The number of carbonyl (C=O) groups excluding carboxylic acids is 2. The molecule has 3 aliphatic rings. The van der Waals surface area contributed by atoms with Crippen LogP contribution in [0.5, 0.6) is 0 Å². The van der Waals surface area contributed by atoms with Gasteiger partial charge in [-0.1, -0.05) is 32.9 Å². The molecule has 1 aromatic heterocycles. The second-order valence-electron chi connectivity index (χ2n) is 8.89. The SMILES string of the molecule is CN(Cc1ncc[nH]1)C(=O)[C@@H]1[C@@H]2C=C[C@@]3(CN(CC(C)(C)C)C(=O)[C@H]13)O2. The van der Waals surface area contributed by atoms with E-state index in [-0.39, 0.29) is 23.3 Å². The third kappa shape index (κ3) is 2.65. The maximum atomic E-state index is 13.1. The van der Waals surface area contributed by atoms with Crippen LogP contribution >= 0.6 is 0 Å². The van der Waals surface area contributed by atoms with E-state index in [1.165, 1.54) is 0 Å². The van der Waals surface area contributed by atoms with E-state index >= 15 is 0 Å². The summed E-state index contributed by atoms with van der Waals surface area (Å²) in [7, 11) is 1.75. The predicted molar refractivity (Wildman–Crippen MR) is 94.8 cm³/mol. The number of likely N-dealkylation sites (tertiary alicyclic amines) is 1. The molecule has 0 aliphatic carbocycles. The van der Waals surface area contributed by atoms with E-state index in [0.29, 0.717) is 19.6 Å². The number of rotatable bonds is 4. The molecule has 1 spiro atoms. The molecule has 2 bridgehead atoms. The van der Waals surface area contributed by atoms with Gasteiger partial charge < -0.3 is 19.5 Å². The van der Waals surface area contributed by atoms with Crippen LogP contribution in [0.3, 0.4) is 0 Å². The zero-order chi connectivity index (χ0) is 18.7. The highest BCUT2D eigenvalue weighted by molar-refractivity contribution is 5.93. The molecule has 4 atom stereocenters. The fourth-order valence-electron chi connectivity index (χ4n) is 4.51. The Morgan fingerprint density at radius 2 is 2.27 bits per heavy atom. The van der Waals surface area contributed by atoms with Crippen LogP contribution < -0.4 is 0 Å². The Morgan fingerprint density at radius 1 is 1.50 bits per heavy atom. The predicted octanol–water partition coefficient (Wildman–Crippen LogP) is 1.20. The number of aromatic nitrogens is 2. The third-order valence-electron chi connectivity index (χ3n) is 5.45. The number of aromatic amines is 1. The van der Waals surface area contributed by atoms with Crippen LogP contribution in [0.4, 0.5) is 0 Å². The Balaban J connectivity index is 1.56. The average molecular weight is 358 g/mol. The molecule has 26 heavy (non-hydrogen) atoms. The summed E-state index contributed by atoms with van der Waals surface area (Å²) < 4.78 is 6.17. The van der Waals surface area contributed by atoms with Crippen molar-refractivity contribution in [3.05, 3.63) is 30.4 Å². The van der Waals surface area contributed by atoms with Crippen LogP contribution in [0.25, 0.3) is 0 Å². The number of amides is 2. The first-order chi connectivity index (χ1) is 12.2. The van der Waals surface area contributed by atoms with Gasteiger partial charge >= 0.3 is 0 Å². The van der Waals surface area contributed by atoms with Crippen LogP contribution in [0, 0.1) is 17.3 Å². The van der Waals surface area contributed by atoms with E-state index in [9.17, 15) is 9.59 Å². The van der Waals surface area contributed by atoms with Crippen molar-refractivity contribution < 1.29 is 14.3 Å². The van der Waals surface area contributed by atoms with Crippen molar-refractivity contribution in [3.63, 3.8) is 0 Å². The van der Waals surface area contributed by atoms with Crippen molar-refractivity contribution in [1.82, 2.24) is 19.8 Å². The lowest BCUT2D eigenvalue weighted by molar-refractivity contribution is -0.143. The molecule has 0 aromatic carbocycles. The van der Waals surface area contributed by atoms with Gasteiger partial charge in [-0.05, 0) is 5.41 Å². The van der Waals surface area contributed by atoms with Crippen molar-refractivity contribution in [3.8, 4) is 0 Å². The van der Waals surface area contributed by atoms with Gasteiger partial charge in [0.25, 0.3) is 0 Å². The summed E-state index contributed by atoms with van der Waals surface area (Å²) in [4.78, 5) is 36.9. The number of hydrogen-bond donors (Lipinski definition) is 1. The minimum absolute atomic E-state index is 0.00222. The smallest absolute Gasteiger partial charge is 0.230 e. The van der Waals surface area contributed by atoms with Crippen molar-refractivity contribution in [1.29, 1.82) is 0 Å². The highest BCUT2D eigenvalue weighted by atomic mass is 16.5. The molecule has 140 valence electrons. The first-order valence-electron chi connectivity index (χ1n) is 9.09. The molecular formula is C19H26N4O3. The van der Waals surface area contributed by atoms with Crippen molar-refractivity contribution in [2.75, 3.05) is 20.1 Å². The molecule has 1 aromatic rings. The molecular weight excluding hydrogens is 332 g/mol. The second-order valence-corrected chi connectivity index (χ2v) is 8.89. The van der Waals surface area contributed by atoms with Gasteiger partial charge in [-0.3, -0.25) is 9.59 Å². The molecule has 4 heterocycles. The van der Waals surface area contributed by atoms with Gasteiger partial charge in [0.15, 0.2) is 0 Å². The van der Waals surface area contributed by atoms with Gasteiger partial charge in [0.05, 0.1) is 31.0 Å². The second kappa shape index (κ2) is 5.67. The summed E-state index contributed by atoms with van der Waals surface area (Å²) >= 11 is 0. The van der Waals surface area contributed by atoms with Crippen molar-refractivity contribution >= 4 is 11.8 Å². The van der Waals surface area contributed by atoms with Crippen molar-refractivity contribution in [2.24, 2.45) is 17.3 Å². The minimum Gasteiger partial charge on any atom is -0.360 e. The van der Waals surface area contributed by atoms with E-state index < -0.39 is 17.4 Å². The minimum atomic E-state index is -0.640. The molecule has 2 saturated heterocycles. The fraction of sp³-hybridized carbons (Fsp3) is 0.632. The van der Waals surface area contributed by atoms with Gasteiger partial charge in [-0.15, -0.1) is 0 Å². The van der Waals surface area contributed by atoms with Crippen molar-refractivity contribution in [2.45, 2.75) is 39.0 Å². The summed E-state index contributed by atoms with van der Waals surface area (Å²) in [5.74, 6) is -0.184. The normalized spacial score (nSPS) is 32.4. The van der Waals surface area contributed by atoms with E-state index in [1.54, 1.807) is 24.3 Å². The van der Waals surface area contributed by atoms with E-state index in [0.717, 1.165) is 5.82 Å². The Morgan fingerprint density at radius 3 is 2.92 bits per heavy atom. The summed E-state index contributed by atoms with van der Waals surface area (Å²) in [6.45, 7) is 7.92. The molecule has 3 aliphatic heterocycles. The molecule has 7 heteroatoms. The van der Waals surface area contributed by atoms with E-state index in [1.807, 2.05) is 17.1 Å². The van der Waals surface area contributed by atoms with Gasteiger partial charge in [0, 0.05) is 26.0 Å². The Hall–Kier alpha value is -2.15. The maximum absolute atomic E-state index is 13.1. The number of imidazole rings is 1. The van der Waals surface area contributed by atoms with Crippen LogP contribution in [-0.4, -0.2) is 63.4 Å². The number of H-pyrrole nitrogens is 1. The lowest BCUT2D eigenvalue weighted by atomic mass is 9.76. The first kappa shape index (κ1) is 17.3. The number of ether oxygens (including phenoxy) is 1. The molecule has 2 fully saturated rings. The van der Waals surface area contributed by atoms with Crippen LogP contribution in [-0.2, 0) is 20.9 Å². The lowest BCUT2D eigenvalue weighted by Gasteiger charge is -2.29. The van der Waals surface area contributed by atoms with Gasteiger partial charge in [0.2, 0.25) is 11.8 Å². The molecule has 7 nitrogen and oxygen atoms in total. The molecule has 1 N–H and O–H groups in total. The number of hydrogen-bond acceptors (Lipinski definition) is 4. The maximum Gasteiger partial charge on any atom is 0.230 e. The zero-order valence-corrected chi connectivity index (χ0v) is 15.7. The number of nitrogens with zero attached hydrogens (tertiary/aromatic N) is 3. The Labute approximate surface area is 153 Å². The molecule has 2 amide bonds. The highest BCUT2D eigenvalue weighted by Gasteiger charge is 2.67. The number of fused-ring (bicyclic) bond motifs is 1. The largest absolute Gasteiger partial charge is 0.360 e. The first-order valence-corrected chi connectivity index (χ1v) is 9.09. The summed E-state index contributed by atoms with van der Waals surface area (Å²) in [5.41, 5.74) is -0.638. The van der Waals surface area contributed by atoms with Gasteiger partial charge in [-0.2, -0.15) is 0 Å². The van der Waals surface area contributed by atoms with E-state index in [2.05, 4.69) is 30.7 Å². The summed E-state index contributed by atoms with van der Waals surface area (Å²) in [6, 6.07) is 0. The number of carbonyl (C=O) groups is 2. The zero-order valence-electron chi connectivity index (χ0n) is 15.7. The fourth-order valence-corrected chi connectivity index (χ4v) is 4.51. The van der Waals surface area contributed by atoms with Gasteiger partial charge in [-0.25, -0.2) is 4.98 Å². The van der Waals surface area contributed by atoms with E-state index in [4.69, 9.17) is 4.74 Å². The lowest BCUT2D eigenvalue weighted by Crippen LogP contribution is -2.45. The molecule has 0 unspecified atom stereocenters.